The molecule has 0 N–H and O–H groups in total. The van der Waals surface area contributed by atoms with Gasteiger partial charge in [-0.15, -0.1) is 0 Å². The van der Waals surface area contributed by atoms with Gasteiger partial charge in [-0.3, -0.25) is 0 Å². The number of ether oxygens (including phenoxy) is 3. The fourth-order valence-electron chi connectivity index (χ4n) is 3.31. The number of unbranched alkanes of at least 4 members (excludes halogenated alkanes) is 9. The van der Waals surface area contributed by atoms with Crippen molar-refractivity contribution in [2.45, 2.75) is 110 Å². The minimum Gasteiger partial charge on any atom is -0.378 e. The lowest BCUT2D eigenvalue weighted by molar-refractivity contribution is -0.00581. The Morgan fingerprint density at radius 1 is 0.516 bits per heavy atom. The molecule has 0 aliphatic rings. The molecule has 0 fully saturated rings. The van der Waals surface area contributed by atoms with Crippen LogP contribution < -0.4 is 0 Å². The van der Waals surface area contributed by atoms with E-state index in [9.17, 15) is 0 Å². The van der Waals surface area contributed by atoms with E-state index in [4.69, 9.17) is 14.2 Å². The Hall–Kier alpha value is 0.580. The average molecular weight is 479 g/mol. The highest BCUT2D eigenvalue weighted by Gasteiger charge is 2.09. The molecule has 0 aromatic carbocycles. The van der Waals surface area contributed by atoms with Crippen LogP contribution in [0.25, 0.3) is 0 Å². The zero-order valence-electron chi connectivity index (χ0n) is 21.2. The molecule has 188 valence electrons. The van der Waals surface area contributed by atoms with E-state index in [2.05, 4.69) is 32.5 Å². The molecule has 0 rings (SSSR count). The smallest absolute Gasteiger partial charge is 0.0704 e. The molecule has 0 amide bonds. The first-order chi connectivity index (χ1) is 15.3. The molecule has 0 radical (unpaired) electrons. The molecule has 5 heteroatoms. The van der Waals surface area contributed by atoms with Gasteiger partial charge in [0.05, 0.1) is 39.1 Å². The highest BCUT2D eigenvalue weighted by Crippen LogP contribution is 2.16. The Labute approximate surface area is 203 Å². The van der Waals surface area contributed by atoms with Crippen molar-refractivity contribution in [3.63, 3.8) is 0 Å². The first-order valence-electron chi connectivity index (χ1n) is 13.3. The van der Waals surface area contributed by atoms with Crippen molar-refractivity contribution in [1.82, 2.24) is 0 Å². The Morgan fingerprint density at radius 2 is 1.06 bits per heavy atom. The van der Waals surface area contributed by atoms with Gasteiger partial charge in [0.15, 0.2) is 0 Å². The summed E-state index contributed by atoms with van der Waals surface area (Å²) in [5, 5.41) is 0. The van der Waals surface area contributed by atoms with Gasteiger partial charge in [0.2, 0.25) is 0 Å². The molecule has 0 unspecified atom stereocenters. The predicted octanol–water partition coefficient (Wildman–Crippen LogP) is 8.00. The Bertz CT molecular complexity index is 319. The van der Waals surface area contributed by atoms with E-state index in [1.807, 2.05) is 11.8 Å². The van der Waals surface area contributed by atoms with Crippen LogP contribution in [0, 0.1) is 0 Å². The Kier molecular flexibility index (Phi) is 29.1. The van der Waals surface area contributed by atoms with Crippen molar-refractivity contribution in [3.8, 4) is 0 Å². The highest BCUT2D eigenvalue weighted by atomic mass is 32.2. The zero-order valence-corrected chi connectivity index (χ0v) is 22.8. The molecular formula is C26H54O3S2. The summed E-state index contributed by atoms with van der Waals surface area (Å²) in [5.74, 6) is 4.79. The fourth-order valence-corrected chi connectivity index (χ4v) is 5.25. The molecule has 0 aliphatic carbocycles. The molecule has 31 heavy (non-hydrogen) atoms. The van der Waals surface area contributed by atoms with E-state index < -0.39 is 0 Å². The van der Waals surface area contributed by atoms with Gasteiger partial charge in [-0.2, -0.15) is 23.5 Å². The summed E-state index contributed by atoms with van der Waals surface area (Å²) in [6.45, 7) is 10.4. The molecule has 1 atom stereocenters. The molecule has 0 aromatic heterocycles. The van der Waals surface area contributed by atoms with Crippen LogP contribution in [-0.2, 0) is 14.2 Å². The maximum atomic E-state index is 6.16. The molecule has 0 heterocycles. The van der Waals surface area contributed by atoms with Crippen molar-refractivity contribution < 1.29 is 14.2 Å². The maximum Gasteiger partial charge on any atom is 0.0704 e. The molecule has 0 spiro atoms. The lowest BCUT2D eigenvalue weighted by Gasteiger charge is -2.18. The molecule has 0 saturated carbocycles. The minimum absolute atomic E-state index is 0.391. The SMILES string of the molecule is CCCCCCSCCOCCOCCO[C@H](CCCCCC)CSCCCCCC. The van der Waals surface area contributed by atoms with Crippen LogP contribution in [0.5, 0.6) is 0 Å². The average Bonchev–Trinajstić information content (AvgIpc) is 2.78. The monoisotopic (exact) mass is 478 g/mol. The molecule has 0 saturated heterocycles. The van der Waals surface area contributed by atoms with Gasteiger partial charge >= 0.3 is 0 Å². The zero-order chi connectivity index (χ0) is 22.7. The van der Waals surface area contributed by atoms with E-state index in [1.54, 1.807) is 0 Å². The maximum absolute atomic E-state index is 6.16. The van der Waals surface area contributed by atoms with Gasteiger partial charge in [0, 0.05) is 11.5 Å². The number of hydrogen-bond acceptors (Lipinski definition) is 5. The predicted molar refractivity (Wildman–Crippen MR) is 143 cm³/mol. The van der Waals surface area contributed by atoms with E-state index in [0.717, 1.165) is 18.1 Å². The topological polar surface area (TPSA) is 27.7 Å². The lowest BCUT2D eigenvalue weighted by atomic mass is 10.1. The van der Waals surface area contributed by atoms with Crippen LogP contribution in [0.3, 0.4) is 0 Å². The van der Waals surface area contributed by atoms with Gasteiger partial charge in [-0.25, -0.2) is 0 Å². The Balaban J connectivity index is 3.57. The third-order valence-electron chi connectivity index (χ3n) is 5.29. The molecule has 3 nitrogen and oxygen atoms in total. The third-order valence-corrected chi connectivity index (χ3v) is 7.51. The molecule has 0 aromatic rings. The quantitative estimate of drug-likeness (QED) is 0.111. The second kappa shape index (κ2) is 28.6. The second-order valence-corrected chi connectivity index (χ2v) is 10.8. The van der Waals surface area contributed by atoms with Crippen LogP contribution in [0.4, 0.5) is 0 Å². The van der Waals surface area contributed by atoms with Crippen LogP contribution in [0.2, 0.25) is 0 Å². The Morgan fingerprint density at radius 3 is 1.71 bits per heavy atom. The van der Waals surface area contributed by atoms with Crippen LogP contribution in [0.15, 0.2) is 0 Å². The van der Waals surface area contributed by atoms with E-state index >= 15 is 0 Å². The van der Waals surface area contributed by atoms with Gasteiger partial charge in [0.25, 0.3) is 0 Å². The lowest BCUT2D eigenvalue weighted by Crippen LogP contribution is -2.20. The molecule has 0 aliphatic heterocycles. The first-order valence-corrected chi connectivity index (χ1v) is 15.6. The van der Waals surface area contributed by atoms with E-state index in [-0.39, 0.29) is 0 Å². The molecule has 0 bridgehead atoms. The third kappa shape index (κ3) is 26.7. The molecular weight excluding hydrogens is 424 g/mol. The fraction of sp³-hybridized carbons (Fsp3) is 1.00. The van der Waals surface area contributed by atoms with Crippen molar-refractivity contribution in [2.75, 3.05) is 56.0 Å². The summed E-state index contributed by atoms with van der Waals surface area (Å²) in [7, 11) is 0. The normalized spacial score (nSPS) is 12.5. The summed E-state index contributed by atoms with van der Waals surface area (Å²) < 4.78 is 17.5. The number of hydrogen-bond donors (Lipinski definition) is 0. The van der Waals surface area contributed by atoms with Gasteiger partial charge < -0.3 is 14.2 Å². The number of thioether (sulfide) groups is 2. The first kappa shape index (κ1) is 31.6. The summed E-state index contributed by atoms with van der Waals surface area (Å²) >= 11 is 4.09. The highest BCUT2D eigenvalue weighted by molar-refractivity contribution is 7.99. The van der Waals surface area contributed by atoms with Gasteiger partial charge in [-0.1, -0.05) is 85.0 Å². The second-order valence-electron chi connectivity index (χ2n) is 8.38. The van der Waals surface area contributed by atoms with Crippen molar-refractivity contribution in [1.29, 1.82) is 0 Å². The van der Waals surface area contributed by atoms with E-state index in [0.29, 0.717) is 32.5 Å². The van der Waals surface area contributed by atoms with Crippen molar-refractivity contribution in [2.24, 2.45) is 0 Å². The largest absolute Gasteiger partial charge is 0.378 e. The van der Waals surface area contributed by atoms with Crippen molar-refractivity contribution >= 4 is 23.5 Å². The van der Waals surface area contributed by atoms with Gasteiger partial charge in [-0.05, 0) is 30.8 Å². The van der Waals surface area contributed by atoms with Crippen LogP contribution in [-0.4, -0.2) is 62.1 Å². The van der Waals surface area contributed by atoms with Crippen LogP contribution in [0.1, 0.15) is 104 Å². The van der Waals surface area contributed by atoms with Gasteiger partial charge in [0.1, 0.15) is 0 Å². The standard InChI is InChI=1S/C26H54O3S2/c1-4-7-10-13-16-26(25-31-23-15-12-9-6-3)29-20-19-27-17-18-28-21-24-30-22-14-11-8-5-2/h26H,4-25H2,1-3H3/t26-/m1/s1. The minimum atomic E-state index is 0.391. The van der Waals surface area contributed by atoms with Crippen molar-refractivity contribution in [3.05, 3.63) is 0 Å². The van der Waals surface area contributed by atoms with Crippen LogP contribution >= 0.6 is 23.5 Å². The summed E-state index contributed by atoms with van der Waals surface area (Å²) in [6, 6.07) is 0. The summed E-state index contributed by atoms with van der Waals surface area (Å²) in [5.41, 5.74) is 0. The van der Waals surface area contributed by atoms with E-state index in [1.165, 1.54) is 95.0 Å². The number of rotatable bonds is 27. The summed E-state index contributed by atoms with van der Waals surface area (Å²) in [4.78, 5) is 0. The summed E-state index contributed by atoms with van der Waals surface area (Å²) in [6.07, 6.45) is 17.7.